The number of hydrogen-bond donors (Lipinski definition) is 2. The van der Waals surface area contributed by atoms with Crippen molar-refractivity contribution in [3.8, 4) is 0 Å². The summed E-state index contributed by atoms with van der Waals surface area (Å²) in [6, 6.07) is 1.54. The van der Waals surface area contributed by atoms with Gasteiger partial charge in [0.05, 0.1) is 12.5 Å². The van der Waals surface area contributed by atoms with E-state index < -0.39 is 0 Å². The van der Waals surface area contributed by atoms with Gasteiger partial charge in [-0.05, 0) is 32.4 Å². The summed E-state index contributed by atoms with van der Waals surface area (Å²) < 4.78 is 10.0. The Labute approximate surface area is 151 Å². The second kappa shape index (κ2) is 8.40. The first kappa shape index (κ1) is 18.5. The number of fused-ring (bicyclic) bond motifs is 2. The average molecular weight is 343 g/mol. The topological polar surface area (TPSA) is 75.3 Å². The van der Waals surface area contributed by atoms with Gasteiger partial charge in [0.25, 0.3) is 0 Å². The molecule has 3 N–H and O–H groups in total. The molecular formula is C16H27B2N5O2. The molecule has 3 unspecified atom stereocenters. The normalized spacial score (nSPS) is 29.5. The molecule has 1 aliphatic carbocycles. The molecule has 3 aliphatic rings. The smallest absolute Gasteiger partial charge is 0.421 e. The van der Waals surface area contributed by atoms with Gasteiger partial charge < -0.3 is 30.2 Å². The quantitative estimate of drug-likeness (QED) is 0.285. The largest absolute Gasteiger partial charge is 0.459 e. The van der Waals surface area contributed by atoms with E-state index in [-0.39, 0.29) is 12.8 Å². The van der Waals surface area contributed by atoms with Crippen LogP contribution in [-0.4, -0.2) is 82.7 Å². The molecule has 134 valence electrons. The number of hydrogen-bond acceptors (Lipinski definition) is 6. The van der Waals surface area contributed by atoms with Crippen LogP contribution in [-0.2, 0) is 9.31 Å². The number of nitrogens with zero attached hydrogens (tertiary/aromatic N) is 3. The Morgan fingerprint density at radius 2 is 2.28 bits per heavy atom. The minimum absolute atomic E-state index is 0.114. The minimum Gasteiger partial charge on any atom is -0.421 e. The van der Waals surface area contributed by atoms with E-state index in [0.717, 1.165) is 13.0 Å². The summed E-state index contributed by atoms with van der Waals surface area (Å²) in [4.78, 5) is 9.26. The summed E-state index contributed by atoms with van der Waals surface area (Å²) in [5.41, 5.74) is 8.68. The molecule has 0 aromatic heterocycles. The molecule has 0 spiro atoms. The van der Waals surface area contributed by atoms with Crippen LogP contribution in [0.1, 0.15) is 19.8 Å². The van der Waals surface area contributed by atoms with Crippen LogP contribution in [0.15, 0.2) is 28.3 Å². The van der Waals surface area contributed by atoms with E-state index in [0.29, 0.717) is 17.8 Å². The molecule has 3 rings (SSSR count). The van der Waals surface area contributed by atoms with Crippen molar-refractivity contribution in [2.45, 2.75) is 37.9 Å². The molecule has 0 aromatic carbocycles. The van der Waals surface area contributed by atoms with Gasteiger partial charge in [0, 0.05) is 44.0 Å². The van der Waals surface area contributed by atoms with Crippen LogP contribution in [0.25, 0.3) is 0 Å². The third-order valence-corrected chi connectivity index (χ3v) is 5.17. The first-order valence-corrected chi connectivity index (χ1v) is 8.82. The zero-order valence-corrected chi connectivity index (χ0v) is 15.3. The molecule has 0 aromatic rings. The van der Waals surface area contributed by atoms with Crippen molar-refractivity contribution in [1.29, 1.82) is 0 Å². The second-order valence-corrected chi connectivity index (χ2v) is 6.87. The Kier molecular flexibility index (Phi) is 6.22. The summed E-state index contributed by atoms with van der Waals surface area (Å²) in [6.45, 7) is 4.62. The fraction of sp³-hybridized carbons (Fsp3) is 0.688. The molecule has 2 aliphatic heterocycles. The van der Waals surface area contributed by atoms with E-state index in [2.05, 4.69) is 46.1 Å². The molecule has 3 atom stereocenters. The zero-order valence-electron chi connectivity index (χ0n) is 15.3. The van der Waals surface area contributed by atoms with Crippen molar-refractivity contribution in [3.63, 3.8) is 0 Å². The van der Waals surface area contributed by atoms with Crippen LogP contribution in [0, 0.1) is 0 Å². The highest BCUT2D eigenvalue weighted by Crippen LogP contribution is 2.35. The standard InChI is InChI=1S/C16H27B2N5O2/c1-11-6-12(20-16(17-25-10-19)21-18-24-3)4-5-15(11)23-9-13-7-14(23)8-22(13)2/h5-6,12-14H,4,7-10,19H2,1-3H3,(H,20,21). The second-order valence-electron chi connectivity index (χ2n) is 6.87. The highest BCUT2D eigenvalue weighted by atomic mass is 16.4. The van der Waals surface area contributed by atoms with Crippen molar-refractivity contribution in [2.75, 3.05) is 34.0 Å². The minimum atomic E-state index is 0.114. The van der Waals surface area contributed by atoms with Crippen molar-refractivity contribution in [3.05, 3.63) is 23.4 Å². The van der Waals surface area contributed by atoms with Crippen LogP contribution >= 0.6 is 0 Å². The van der Waals surface area contributed by atoms with E-state index in [4.69, 9.17) is 15.0 Å². The highest BCUT2D eigenvalue weighted by molar-refractivity contribution is 6.71. The number of amidine groups is 1. The van der Waals surface area contributed by atoms with Crippen LogP contribution in [0.4, 0.5) is 0 Å². The third kappa shape index (κ3) is 4.28. The Morgan fingerprint density at radius 3 is 2.88 bits per heavy atom. The van der Waals surface area contributed by atoms with Gasteiger partial charge in [-0.1, -0.05) is 12.2 Å². The molecule has 25 heavy (non-hydrogen) atoms. The molecule has 7 nitrogen and oxygen atoms in total. The molecule has 2 radical (unpaired) electrons. The van der Waals surface area contributed by atoms with E-state index in [9.17, 15) is 0 Å². The van der Waals surface area contributed by atoms with Gasteiger partial charge in [0.1, 0.15) is 0 Å². The summed E-state index contributed by atoms with van der Waals surface area (Å²) in [5.74, 6) is 0. The number of piperazine rings is 1. The number of nitrogens with one attached hydrogen (secondary N) is 1. The maximum Gasteiger partial charge on any atom is 0.459 e. The number of rotatable bonds is 7. The molecule has 0 amide bonds. The molecule has 2 bridgehead atoms. The summed E-state index contributed by atoms with van der Waals surface area (Å²) in [7, 11) is 6.69. The molecular weight excluding hydrogens is 316 g/mol. The van der Waals surface area contributed by atoms with Crippen molar-refractivity contribution in [2.24, 2.45) is 10.6 Å². The lowest BCUT2D eigenvalue weighted by molar-refractivity contribution is 0.183. The van der Waals surface area contributed by atoms with Gasteiger partial charge in [-0.15, -0.1) is 0 Å². The Hall–Kier alpha value is -1.28. The molecule has 2 heterocycles. The van der Waals surface area contributed by atoms with Gasteiger partial charge >= 0.3 is 15.1 Å². The van der Waals surface area contributed by atoms with Gasteiger partial charge in [0.15, 0.2) is 0 Å². The Bertz CT molecular complexity index is 567. The zero-order chi connectivity index (χ0) is 17.8. The number of allylic oxidation sites excluding steroid dienone is 1. The predicted octanol–water partition coefficient (Wildman–Crippen LogP) is -0.345. The van der Waals surface area contributed by atoms with E-state index in [1.165, 1.54) is 39.3 Å². The Morgan fingerprint density at radius 1 is 1.44 bits per heavy atom. The fourth-order valence-electron chi connectivity index (χ4n) is 3.99. The lowest BCUT2D eigenvalue weighted by Gasteiger charge is -2.37. The summed E-state index contributed by atoms with van der Waals surface area (Å²) in [6.07, 6.45) is 6.81. The number of likely N-dealkylation sites (N-methyl/N-ethyl adjacent to an activating group) is 1. The number of nitrogens with two attached hydrogens (primary N) is 1. The summed E-state index contributed by atoms with van der Waals surface area (Å²) in [5, 5.41) is 3.36. The van der Waals surface area contributed by atoms with Crippen LogP contribution in [0.2, 0.25) is 0 Å². The van der Waals surface area contributed by atoms with Gasteiger partial charge in [0.2, 0.25) is 0 Å². The highest BCUT2D eigenvalue weighted by Gasteiger charge is 2.42. The summed E-state index contributed by atoms with van der Waals surface area (Å²) >= 11 is 0. The first-order valence-electron chi connectivity index (χ1n) is 8.82. The van der Waals surface area contributed by atoms with Crippen LogP contribution < -0.4 is 11.1 Å². The SMILES string of the molecule is CO[B]N=C([B]OCN)NC1C=C(C)C(N2CC3CC2CN3C)=CC1. The number of likely N-dealkylation sites (tertiary alicyclic amines) is 2. The fourth-order valence-corrected chi connectivity index (χ4v) is 3.99. The molecule has 0 saturated carbocycles. The lowest BCUT2D eigenvalue weighted by Crippen LogP contribution is -2.45. The van der Waals surface area contributed by atoms with Crippen molar-refractivity contribution in [1.82, 2.24) is 15.1 Å². The predicted molar refractivity (Wildman–Crippen MR) is 101 cm³/mol. The van der Waals surface area contributed by atoms with E-state index in [1.54, 1.807) is 7.11 Å². The Balaban J connectivity index is 1.59. The van der Waals surface area contributed by atoms with Crippen molar-refractivity contribution < 1.29 is 9.31 Å². The molecule has 9 heteroatoms. The average Bonchev–Trinajstić information content (AvgIpc) is 3.16. The van der Waals surface area contributed by atoms with E-state index in [1.807, 2.05) is 0 Å². The van der Waals surface area contributed by atoms with Crippen LogP contribution in [0.3, 0.4) is 0 Å². The van der Waals surface area contributed by atoms with Crippen molar-refractivity contribution >= 4 is 20.8 Å². The molecule has 2 fully saturated rings. The maximum absolute atomic E-state index is 5.38. The van der Waals surface area contributed by atoms with Gasteiger partial charge in [-0.3, -0.25) is 4.90 Å². The van der Waals surface area contributed by atoms with E-state index >= 15 is 0 Å². The lowest BCUT2D eigenvalue weighted by atomic mass is 9.94. The van der Waals surface area contributed by atoms with Crippen LogP contribution in [0.5, 0.6) is 0 Å². The van der Waals surface area contributed by atoms with Gasteiger partial charge in [-0.2, -0.15) is 0 Å². The third-order valence-electron chi connectivity index (χ3n) is 5.17. The first-order chi connectivity index (χ1) is 12.1. The molecule has 2 saturated heterocycles. The van der Waals surface area contributed by atoms with Gasteiger partial charge in [-0.25, -0.2) is 0 Å². The maximum atomic E-state index is 5.38. The monoisotopic (exact) mass is 343 g/mol.